The Labute approximate surface area is 125 Å². The molecule has 0 fully saturated rings. The van der Waals surface area contributed by atoms with E-state index in [0.717, 1.165) is 29.5 Å². The number of aryl methyl sites for hydroxylation is 1. The van der Waals surface area contributed by atoms with Crippen LogP contribution >= 0.6 is 0 Å². The molecule has 0 radical (unpaired) electrons. The van der Waals surface area contributed by atoms with Crippen LogP contribution < -0.4 is 0 Å². The molecule has 1 atom stereocenters. The highest BCUT2D eigenvalue weighted by molar-refractivity contribution is 5.46. The van der Waals surface area contributed by atoms with Gasteiger partial charge in [0.25, 0.3) is 0 Å². The molecular formula is C19H21FO. The third-order valence-corrected chi connectivity index (χ3v) is 4.32. The van der Waals surface area contributed by atoms with Crippen LogP contribution in [0.15, 0.2) is 42.5 Å². The van der Waals surface area contributed by atoms with Gasteiger partial charge in [0.05, 0.1) is 0 Å². The van der Waals surface area contributed by atoms with E-state index in [1.165, 1.54) is 11.6 Å². The lowest BCUT2D eigenvalue weighted by Crippen LogP contribution is -2.24. The molecule has 0 amide bonds. The van der Waals surface area contributed by atoms with Gasteiger partial charge in [-0.1, -0.05) is 44.2 Å². The van der Waals surface area contributed by atoms with Gasteiger partial charge in [0.15, 0.2) is 0 Å². The SMILES string of the molecule is CC(C)Cc1cccc(C2(O)CCc3cc(F)ccc32)c1. The third-order valence-electron chi connectivity index (χ3n) is 4.32. The number of rotatable bonds is 3. The maximum absolute atomic E-state index is 13.3. The topological polar surface area (TPSA) is 20.2 Å². The van der Waals surface area contributed by atoms with Gasteiger partial charge in [0.1, 0.15) is 11.4 Å². The summed E-state index contributed by atoms with van der Waals surface area (Å²) in [5.41, 5.74) is 2.96. The Bertz CT molecular complexity index is 662. The minimum atomic E-state index is -0.976. The summed E-state index contributed by atoms with van der Waals surface area (Å²) in [7, 11) is 0. The second-order valence-corrected chi connectivity index (χ2v) is 6.46. The zero-order chi connectivity index (χ0) is 15.0. The molecule has 3 rings (SSSR count). The minimum absolute atomic E-state index is 0.230. The molecule has 1 nitrogen and oxygen atoms in total. The van der Waals surface area contributed by atoms with Gasteiger partial charge in [0.2, 0.25) is 0 Å². The maximum atomic E-state index is 13.3. The number of benzene rings is 2. The summed E-state index contributed by atoms with van der Waals surface area (Å²) in [6, 6.07) is 12.9. The molecule has 2 aromatic rings. The van der Waals surface area contributed by atoms with Crippen molar-refractivity contribution in [3.05, 3.63) is 70.5 Å². The van der Waals surface area contributed by atoms with Crippen LogP contribution in [0.1, 0.15) is 42.5 Å². The molecule has 2 aromatic carbocycles. The van der Waals surface area contributed by atoms with Crippen molar-refractivity contribution in [3.63, 3.8) is 0 Å². The van der Waals surface area contributed by atoms with Crippen molar-refractivity contribution in [1.29, 1.82) is 0 Å². The van der Waals surface area contributed by atoms with E-state index in [1.54, 1.807) is 12.1 Å². The van der Waals surface area contributed by atoms with Crippen LogP contribution in [0.5, 0.6) is 0 Å². The summed E-state index contributed by atoms with van der Waals surface area (Å²) in [6.45, 7) is 4.38. The molecule has 0 aliphatic heterocycles. The normalized spacial score (nSPS) is 20.8. The van der Waals surface area contributed by atoms with Crippen LogP contribution in [0.2, 0.25) is 0 Å². The van der Waals surface area contributed by atoms with E-state index in [9.17, 15) is 9.50 Å². The second-order valence-electron chi connectivity index (χ2n) is 6.46. The van der Waals surface area contributed by atoms with Crippen molar-refractivity contribution in [2.75, 3.05) is 0 Å². The summed E-state index contributed by atoms with van der Waals surface area (Å²) in [5, 5.41) is 11.1. The Morgan fingerprint density at radius 3 is 2.76 bits per heavy atom. The van der Waals surface area contributed by atoms with Crippen molar-refractivity contribution < 1.29 is 9.50 Å². The van der Waals surface area contributed by atoms with E-state index in [2.05, 4.69) is 26.0 Å². The Balaban J connectivity index is 2.01. The van der Waals surface area contributed by atoms with Gasteiger partial charge in [-0.2, -0.15) is 0 Å². The predicted molar refractivity (Wildman–Crippen MR) is 82.7 cm³/mol. The minimum Gasteiger partial charge on any atom is -0.380 e. The number of hydrogen-bond acceptors (Lipinski definition) is 1. The number of fused-ring (bicyclic) bond motifs is 1. The smallest absolute Gasteiger partial charge is 0.123 e. The Kier molecular flexibility index (Phi) is 3.58. The highest BCUT2D eigenvalue weighted by atomic mass is 19.1. The molecule has 1 aliphatic carbocycles. The standard InChI is InChI=1S/C19H21FO/c1-13(2)10-14-4-3-5-16(11-14)19(21)9-8-15-12-17(20)6-7-18(15)19/h3-7,11-13,21H,8-10H2,1-2H3. The number of aliphatic hydroxyl groups is 1. The van der Waals surface area contributed by atoms with Crippen molar-refractivity contribution in [3.8, 4) is 0 Å². The van der Waals surface area contributed by atoms with E-state index in [1.807, 2.05) is 12.1 Å². The molecule has 0 heterocycles. The van der Waals surface area contributed by atoms with Crippen molar-refractivity contribution in [2.45, 2.75) is 38.7 Å². The molecule has 0 spiro atoms. The summed E-state index contributed by atoms with van der Waals surface area (Å²) in [6.07, 6.45) is 2.34. The molecule has 0 aromatic heterocycles. The maximum Gasteiger partial charge on any atom is 0.123 e. The highest BCUT2D eigenvalue weighted by Crippen LogP contribution is 2.42. The lowest BCUT2D eigenvalue weighted by molar-refractivity contribution is 0.0828. The van der Waals surface area contributed by atoms with Crippen LogP contribution in [-0.2, 0) is 18.4 Å². The average Bonchev–Trinajstić information content (AvgIpc) is 2.76. The molecule has 21 heavy (non-hydrogen) atoms. The van der Waals surface area contributed by atoms with Gasteiger partial charge < -0.3 is 5.11 Å². The Hall–Kier alpha value is -1.67. The van der Waals surface area contributed by atoms with Gasteiger partial charge in [-0.25, -0.2) is 4.39 Å². The molecule has 110 valence electrons. The first-order valence-corrected chi connectivity index (χ1v) is 7.60. The van der Waals surface area contributed by atoms with E-state index >= 15 is 0 Å². The van der Waals surface area contributed by atoms with Crippen molar-refractivity contribution in [1.82, 2.24) is 0 Å². The predicted octanol–water partition coefficient (Wildman–Crippen LogP) is 4.21. The van der Waals surface area contributed by atoms with Crippen LogP contribution in [0.4, 0.5) is 4.39 Å². The fourth-order valence-electron chi connectivity index (χ4n) is 3.35. The number of halogens is 1. The molecule has 0 saturated carbocycles. The summed E-state index contributed by atoms with van der Waals surface area (Å²) in [5.74, 6) is 0.353. The molecule has 2 heteroatoms. The quantitative estimate of drug-likeness (QED) is 0.895. The number of hydrogen-bond donors (Lipinski definition) is 1. The van der Waals surface area contributed by atoms with Crippen molar-refractivity contribution >= 4 is 0 Å². The zero-order valence-electron chi connectivity index (χ0n) is 12.6. The highest BCUT2D eigenvalue weighted by Gasteiger charge is 2.38. The fourth-order valence-corrected chi connectivity index (χ4v) is 3.35. The molecule has 1 N–H and O–H groups in total. The molecular weight excluding hydrogens is 263 g/mol. The Morgan fingerprint density at radius 2 is 2.00 bits per heavy atom. The Morgan fingerprint density at radius 1 is 1.19 bits per heavy atom. The van der Waals surface area contributed by atoms with Crippen LogP contribution in [0, 0.1) is 11.7 Å². The first kappa shape index (κ1) is 14.3. The second kappa shape index (κ2) is 5.27. The van der Waals surface area contributed by atoms with Gasteiger partial charge in [0, 0.05) is 0 Å². The monoisotopic (exact) mass is 284 g/mol. The lowest BCUT2D eigenvalue weighted by Gasteiger charge is -2.25. The van der Waals surface area contributed by atoms with Crippen LogP contribution in [0.25, 0.3) is 0 Å². The fraction of sp³-hybridized carbons (Fsp3) is 0.368. The molecule has 0 saturated heterocycles. The third kappa shape index (κ3) is 2.60. The van der Waals surface area contributed by atoms with Crippen molar-refractivity contribution in [2.24, 2.45) is 5.92 Å². The van der Waals surface area contributed by atoms with E-state index < -0.39 is 5.60 Å². The summed E-state index contributed by atoms with van der Waals surface area (Å²) in [4.78, 5) is 0. The average molecular weight is 284 g/mol. The first-order chi connectivity index (χ1) is 9.99. The van der Waals surface area contributed by atoms with E-state index in [4.69, 9.17) is 0 Å². The summed E-state index contributed by atoms with van der Waals surface area (Å²) >= 11 is 0. The first-order valence-electron chi connectivity index (χ1n) is 7.60. The molecule has 0 bridgehead atoms. The van der Waals surface area contributed by atoms with Crippen LogP contribution in [0.3, 0.4) is 0 Å². The lowest BCUT2D eigenvalue weighted by atomic mass is 9.86. The zero-order valence-corrected chi connectivity index (χ0v) is 12.6. The molecule has 1 unspecified atom stereocenters. The summed E-state index contributed by atoms with van der Waals surface area (Å²) < 4.78 is 13.3. The van der Waals surface area contributed by atoms with Crippen LogP contribution in [-0.4, -0.2) is 5.11 Å². The molecule has 1 aliphatic rings. The van der Waals surface area contributed by atoms with Gasteiger partial charge in [-0.3, -0.25) is 0 Å². The van der Waals surface area contributed by atoms with E-state index in [0.29, 0.717) is 12.3 Å². The van der Waals surface area contributed by atoms with E-state index in [-0.39, 0.29) is 5.82 Å². The largest absolute Gasteiger partial charge is 0.380 e. The van der Waals surface area contributed by atoms with Gasteiger partial charge >= 0.3 is 0 Å². The van der Waals surface area contributed by atoms with Gasteiger partial charge in [-0.15, -0.1) is 0 Å². The van der Waals surface area contributed by atoms with Gasteiger partial charge in [-0.05, 0) is 59.6 Å².